The predicted octanol–water partition coefficient (Wildman–Crippen LogP) is 2.28. The summed E-state index contributed by atoms with van der Waals surface area (Å²) in [4.78, 5) is 22.6. The van der Waals surface area contributed by atoms with E-state index in [0.717, 1.165) is 12.8 Å². The average molecular weight is 255 g/mol. The fourth-order valence-corrected chi connectivity index (χ4v) is 2.79. The third-order valence-corrected chi connectivity index (χ3v) is 4.11. The van der Waals surface area contributed by atoms with Crippen molar-refractivity contribution in [2.45, 2.75) is 53.0 Å². The smallest absolute Gasteiger partial charge is 0.315 e. The lowest BCUT2D eigenvalue weighted by Crippen LogP contribution is -2.48. The summed E-state index contributed by atoms with van der Waals surface area (Å²) in [5.74, 6) is -0.792. The first-order chi connectivity index (χ1) is 8.32. The first-order valence-electron chi connectivity index (χ1n) is 6.86. The fourth-order valence-electron chi connectivity index (χ4n) is 2.79. The molecule has 0 aromatic heterocycles. The maximum Gasteiger partial charge on any atom is 0.315 e. The van der Waals surface area contributed by atoms with Gasteiger partial charge in [0.25, 0.3) is 0 Å². The Morgan fingerprint density at radius 1 is 1.22 bits per heavy atom. The van der Waals surface area contributed by atoms with Crippen LogP contribution in [-0.4, -0.2) is 23.0 Å². The van der Waals surface area contributed by atoms with E-state index < -0.39 is 11.9 Å². The van der Waals surface area contributed by atoms with Gasteiger partial charge in [-0.2, -0.15) is 0 Å². The van der Waals surface area contributed by atoms with Crippen molar-refractivity contribution in [1.29, 1.82) is 0 Å². The van der Waals surface area contributed by atoms with E-state index in [2.05, 4.69) is 26.1 Å². The molecular formula is C14H25NO3. The molecule has 1 saturated carbocycles. The minimum absolute atomic E-state index is 0.128. The van der Waals surface area contributed by atoms with Crippen molar-refractivity contribution >= 4 is 11.9 Å². The van der Waals surface area contributed by atoms with Gasteiger partial charge in [-0.15, -0.1) is 0 Å². The molecule has 0 aliphatic heterocycles. The lowest BCUT2D eigenvalue weighted by molar-refractivity contribution is -0.146. The second kappa shape index (κ2) is 6.21. The minimum atomic E-state index is -1.06. The third kappa shape index (κ3) is 3.72. The van der Waals surface area contributed by atoms with Crippen molar-refractivity contribution in [2.24, 2.45) is 23.7 Å². The molecule has 104 valence electrons. The number of aliphatic carboxylic acids is 1. The fraction of sp³-hybridized carbons (Fsp3) is 0.857. The van der Waals surface area contributed by atoms with Crippen molar-refractivity contribution in [3.8, 4) is 0 Å². The van der Waals surface area contributed by atoms with E-state index in [0.29, 0.717) is 17.8 Å². The topological polar surface area (TPSA) is 66.4 Å². The molecule has 0 heterocycles. The summed E-state index contributed by atoms with van der Waals surface area (Å²) in [6.45, 7) is 7.96. The van der Waals surface area contributed by atoms with Crippen molar-refractivity contribution < 1.29 is 14.7 Å². The monoisotopic (exact) mass is 255 g/mol. The molecule has 0 aromatic carbocycles. The van der Waals surface area contributed by atoms with E-state index in [1.807, 2.05) is 0 Å². The Balaban J connectivity index is 2.66. The van der Waals surface area contributed by atoms with Gasteiger partial charge in [-0.1, -0.05) is 27.2 Å². The molecule has 4 nitrogen and oxygen atoms in total. The number of carboxylic acid groups (broad SMARTS) is 1. The number of carboxylic acids is 1. The highest BCUT2D eigenvalue weighted by Gasteiger charge is 2.33. The highest BCUT2D eigenvalue weighted by Crippen LogP contribution is 2.33. The first kappa shape index (κ1) is 15.0. The van der Waals surface area contributed by atoms with E-state index in [1.54, 1.807) is 0 Å². The van der Waals surface area contributed by atoms with Gasteiger partial charge in [0.1, 0.15) is 5.92 Å². The quantitative estimate of drug-likeness (QED) is 0.757. The molecule has 0 spiro atoms. The third-order valence-electron chi connectivity index (χ3n) is 4.11. The van der Waals surface area contributed by atoms with Crippen LogP contribution in [0, 0.1) is 23.7 Å². The molecule has 4 unspecified atom stereocenters. The van der Waals surface area contributed by atoms with Crippen LogP contribution in [0.5, 0.6) is 0 Å². The summed E-state index contributed by atoms with van der Waals surface area (Å²) in [5, 5.41) is 11.8. The largest absolute Gasteiger partial charge is 0.481 e. The summed E-state index contributed by atoms with van der Waals surface area (Å²) >= 11 is 0. The Morgan fingerprint density at radius 2 is 1.83 bits per heavy atom. The Bertz CT molecular complexity index is 314. The second-order valence-electron chi connectivity index (χ2n) is 6.00. The van der Waals surface area contributed by atoms with Gasteiger partial charge in [0.15, 0.2) is 0 Å². The van der Waals surface area contributed by atoms with Crippen LogP contribution in [0.15, 0.2) is 0 Å². The Morgan fingerprint density at radius 3 is 2.33 bits per heavy atom. The van der Waals surface area contributed by atoms with Crippen molar-refractivity contribution in [3.63, 3.8) is 0 Å². The van der Waals surface area contributed by atoms with E-state index in [4.69, 9.17) is 5.11 Å². The van der Waals surface area contributed by atoms with Gasteiger partial charge >= 0.3 is 5.97 Å². The van der Waals surface area contributed by atoms with Gasteiger partial charge in [0.2, 0.25) is 5.91 Å². The molecular weight excluding hydrogens is 230 g/mol. The molecule has 0 bridgehead atoms. The zero-order chi connectivity index (χ0) is 13.9. The van der Waals surface area contributed by atoms with Crippen molar-refractivity contribution in [3.05, 3.63) is 0 Å². The summed E-state index contributed by atoms with van der Waals surface area (Å²) < 4.78 is 0. The molecule has 18 heavy (non-hydrogen) atoms. The molecule has 1 aliphatic rings. The standard InChI is InChI=1S/C14H25NO3/c1-8(2)11-6-5-9(3)7-12(11)15-13(16)10(4)14(17)18/h8-12H,5-7H2,1-4H3,(H,15,16)(H,17,18). The maximum absolute atomic E-state index is 11.8. The normalized spacial score (nSPS) is 29.9. The van der Waals surface area contributed by atoms with Crippen LogP contribution in [0.4, 0.5) is 0 Å². The number of amides is 1. The highest BCUT2D eigenvalue weighted by atomic mass is 16.4. The SMILES string of the molecule is CC1CCC(C(C)C)C(NC(=O)C(C)C(=O)O)C1. The molecule has 0 radical (unpaired) electrons. The van der Waals surface area contributed by atoms with E-state index >= 15 is 0 Å². The number of hydrogen-bond donors (Lipinski definition) is 2. The van der Waals surface area contributed by atoms with Gasteiger partial charge in [0, 0.05) is 6.04 Å². The van der Waals surface area contributed by atoms with Crippen molar-refractivity contribution in [1.82, 2.24) is 5.32 Å². The molecule has 0 aromatic rings. The maximum atomic E-state index is 11.8. The number of hydrogen-bond acceptors (Lipinski definition) is 2. The highest BCUT2D eigenvalue weighted by molar-refractivity contribution is 5.96. The van der Waals surface area contributed by atoms with Crippen LogP contribution in [0.2, 0.25) is 0 Å². The zero-order valence-corrected chi connectivity index (χ0v) is 11.8. The van der Waals surface area contributed by atoms with E-state index in [1.165, 1.54) is 13.3 Å². The lowest BCUT2D eigenvalue weighted by atomic mass is 9.74. The molecule has 1 aliphatic carbocycles. The predicted molar refractivity (Wildman–Crippen MR) is 70.1 cm³/mol. The summed E-state index contributed by atoms with van der Waals surface area (Å²) in [6, 6.07) is 0.128. The molecule has 4 atom stereocenters. The van der Waals surface area contributed by atoms with Gasteiger partial charge < -0.3 is 10.4 Å². The molecule has 0 saturated heterocycles. The Kier molecular flexibility index (Phi) is 5.17. The summed E-state index contributed by atoms with van der Waals surface area (Å²) in [7, 11) is 0. The van der Waals surface area contributed by atoms with E-state index in [-0.39, 0.29) is 11.9 Å². The Labute approximate surface area is 109 Å². The number of rotatable bonds is 4. The van der Waals surface area contributed by atoms with Crippen LogP contribution in [0.25, 0.3) is 0 Å². The number of carbonyl (C=O) groups is 2. The van der Waals surface area contributed by atoms with E-state index in [9.17, 15) is 9.59 Å². The first-order valence-corrected chi connectivity index (χ1v) is 6.86. The van der Waals surface area contributed by atoms with Crippen LogP contribution in [0.3, 0.4) is 0 Å². The van der Waals surface area contributed by atoms with Gasteiger partial charge in [-0.05, 0) is 37.5 Å². The average Bonchev–Trinajstić information content (AvgIpc) is 2.27. The van der Waals surface area contributed by atoms with Crippen LogP contribution >= 0.6 is 0 Å². The van der Waals surface area contributed by atoms with Crippen molar-refractivity contribution in [2.75, 3.05) is 0 Å². The second-order valence-corrected chi connectivity index (χ2v) is 6.00. The zero-order valence-electron chi connectivity index (χ0n) is 11.8. The van der Waals surface area contributed by atoms with Crippen LogP contribution in [0.1, 0.15) is 47.0 Å². The molecule has 2 N–H and O–H groups in total. The Hall–Kier alpha value is -1.06. The lowest BCUT2D eigenvalue weighted by Gasteiger charge is -2.38. The molecule has 1 fully saturated rings. The summed E-state index contributed by atoms with van der Waals surface area (Å²) in [6.07, 6.45) is 3.27. The molecule has 4 heteroatoms. The minimum Gasteiger partial charge on any atom is -0.481 e. The van der Waals surface area contributed by atoms with Gasteiger partial charge in [-0.3, -0.25) is 9.59 Å². The number of nitrogens with one attached hydrogen (secondary N) is 1. The molecule has 1 rings (SSSR count). The van der Waals surface area contributed by atoms with Crippen LogP contribution in [-0.2, 0) is 9.59 Å². The number of carbonyl (C=O) groups excluding carboxylic acids is 1. The van der Waals surface area contributed by atoms with Gasteiger partial charge in [-0.25, -0.2) is 0 Å². The van der Waals surface area contributed by atoms with Gasteiger partial charge in [0.05, 0.1) is 0 Å². The van der Waals surface area contributed by atoms with Crippen LogP contribution < -0.4 is 5.32 Å². The summed E-state index contributed by atoms with van der Waals surface area (Å²) in [5.41, 5.74) is 0. The molecule has 1 amide bonds.